The van der Waals surface area contributed by atoms with E-state index in [2.05, 4.69) is 24.4 Å². The van der Waals surface area contributed by atoms with Crippen molar-refractivity contribution in [2.75, 3.05) is 13.7 Å². The number of methoxy groups -OCH3 is 1. The molecule has 0 aromatic heterocycles. The zero-order valence-corrected chi connectivity index (χ0v) is 21.3. The van der Waals surface area contributed by atoms with Crippen LogP contribution < -0.4 is 14.8 Å². The van der Waals surface area contributed by atoms with E-state index in [-0.39, 0.29) is 29.6 Å². The Labute approximate surface area is 212 Å². The van der Waals surface area contributed by atoms with Gasteiger partial charge in [-0.15, -0.1) is 0 Å². The number of carboxylic acids is 1. The van der Waals surface area contributed by atoms with Gasteiger partial charge < -0.3 is 19.9 Å². The molecule has 1 aliphatic rings. The summed E-state index contributed by atoms with van der Waals surface area (Å²) >= 11 is 0. The first kappa shape index (κ1) is 25.7. The number of rotatable bonds is 9. The van der Waals surface area contributed by atoms with Gasteiger partial charge in [-0.25, -0.2) is 9.18 Å². The van der Waals surface area contributed by atoms with Crippen LogP contribution in [0.1, 0.15) is 76.3 Å². The van der Waals surface area contributed by atoms with E-state index < -0.39 is 5.97 Å². The Morgan fingerprint density at radius 3 is 2.69 bits per heavy atom. The number of nitrogens with one attached hydrogen (secondary N) is 1. The molecule has 3 aromatic carbocycles. The SMILES string of the molecule is COc1cc(C(C)NCCC[C@H]2C[C@@H](c3ccc(C)c(C(=O)O)c3C)c3ccccc3O2)ccc1F. The minimum atomic E-state index is -0.886. The molecule has 190 valence electrons. The molecular formula is C30H34FNO4. The molecule has 1 unspecified atom stereocenters. The lowest BCUT2D eigenvalue weighted by atomic mass is 9.80. The van der Waals surface area contributed by atoms with Gasteiger partial charge in [0.25, 0.3) is 0 Å². The van der Waals surface area contributed by atoms with Crippen LogP contribution in [0.3, 0.4) is 0 Å². The molecular weight excluding hydrogens is 457 g/mol. The molecule has 0 spiro atoms. The van der Waals surface area contributed by atoms with Crippen molar-refractivity contribution in [1.82, 2.24) is 5.32 Å². The summed E-state index contributed by atoms with van der Waals surface area (Å²) < 4.78 is 25.2. The maximum atomic E-state index is 13.7. The largest absolute Gasteiger partial charge is 0.494 e. The molecule has 0 fully saturated rings. The van der Waals surface area contributed by atoms with E-state index in [0.717, 1.165) is 59.4 Å². The van der Waals surface area contributed by atoms with Crippen molar-refractivity contribution in [2.45, 2.75) is 58.1 Å². The fourth-order valence-corrected chi connectivity index (χ4v) is 5.25. The second-order valence-electron chi connectivity index (χ2n) is 9.55. The van der Waals surface area contributed by atoms with Crippen LogP contribution in [0.5, 0.6) is 11.5 Å². The number of ether oxygens (including phenoxy) is 2. The van der Waals surface area contributed by atoms with Crippen LogP contribution in [0.15, 0.2) is 54.6 Å². The van der Waals surface area contributed by atoms with Gasteiger partial charge in [0.05, 0.1) is 18.8 Å². The van der Waals surface area contributed by atoms with Crippen LogP contribution in [-0.2, 0) is 0 Å². The predicted molar refractivity (Wildman–Crippen MR) is 139 cm³/mol. The summed E-state index contributed by atoms with van der Waals surface area (Å²) in [7, 11) is 1.47. The Morgan fingerprint density at radius 2 is 1.94 bits per heavy atom. The molecule has 1 aliphatic heterocycles. The first-order valence-corrected chi connectivity index (χ1v) is 12.5. The Balaban J connectivity index is 1.44. The average molecular weight is 492 g/mol. The van der Waals surface area contributed by atoms with Gasteiger partial charge in [-0.05, 0) is 87.0 Å². The monoisotopic (exact) mass is 491 g/mol. The first-order chi connectivity index (χ1) is 17.3. The smallest absolute Gasteiger partial charge is 0.336 e. The number of fused-ring (bicyclic) bond motifs is 1. The second kappa shape index (κ2) is 11.1. The number of carboxylic acid groups (broad SMARTS) is 1. The van der Waals surface area contributed by atoms with Crippen molar-refractivity contribution in [3.8, 4) is 11.5 Å². The van der Waals surface area contributed by atoms with Gasteiger partial charge in [0, 0.05) is 17.5 Å². The first-order valence-electron chi connectivity index (χ1n) is 12.5. The standard InChI is InChI=1S/C30H34FNO4/c1-18-11-13-23(19(2)29(18)30(33)34)25-17-22(36-27-10-6-5-9-24(25)27)8-7-15-32-20(3)21-12-14-26(31)28(16-21)35-4/h5-6,9-14,16,20,22,25,32H,7-8,15,17H2,1-4H3,(H,33,34)/t20?,22-,25-/m0/s1. The van der Waals surface area contributed by atoms with E-state index in [1.165, 1.54) is 13.2 Å². The molecule has 36 heavy (non-hydrogen) atoms. The minimum absolute atomic E-state index is 0.0295. The van der Waals surface area contributed by atoms with Crippen LogP contribution in [0.25, 0.3) is 0 Å². The molecule has 2 N–H and O–H groups in total. The van der Waals surface area contributed by atoms with E-state index in [1.54, 1.807) is 12.1 Å². The Kier molecular flexibility index (Phi) is 7.94. The van der Waals surface area contributed by atoms with E-state index in [0.29, 0.717) is 5.56 Å². The molecule has 4 rings (SSSR count). The lowest BCUT2D eigenvalue weighted by Gasteiger charge is -2.34. The lowest BCUT2D eigenvalue weighted by molar-refractivity contribution is 0.0695. The maximum Gasteiger partial charge on any atom is 0.336 e. The van der Waals surface area contributed by atoms with Crippen molar-refractivity contribution in [3.05, 3.63) is 93.8 Å². The number of carbonyl (C=O) groups is 1. The number of aryl methyl sites for hydroxylation is 1. The summed E-state index contributed by atoms with van der Waals surface area (Å²) in [5.74, 6) is -0.0498. The normalized spacial score (nSPS) is 17.7. The molecule has 0 amide bonds. The van der Waals surface area contributed by atoms with Crippen molar-refractivity contribution in [3.63, 3.8) is 0 Å². The highest BCUT2D eigenvalue weighted by Gasteiger charge is 2.31. The summed E-state index contributed by atoms with van der Waals surface area (Å²) in [6.45, 7) is 6.60. The van der Waals surface area contributed by atoms with Crippen molar-refractivity contribution < 1.29 is 23.8 Å². The number of para-hydroxylation sites is 1. The minimum Gasteiger partial charge on any atom is -0.494 e. The molecule has 5 nitrogen and oxygen atoms in total. The summed E-state index contributed by atoms with van der Waals surface area (Å²) in [6.07, 6.45) is 2.61. The van der Waals surface area contributed by atoms with Crippen LogP contribution >= 0.6 is 0 Å². The highest BCUT2D eigenvalue weighted by atomic mass is 19.1. The van der Waals surface area contributed by atoms with Gasteiger partial charge in [-0.1, -0.05) is 36.4 Å². The molecule has 0 saturated carbocycles. The fourth-order valence-electron chi connectivity index (χ4n) is 5.25. The third-order valence-corrected chi connectivity index (χ3v) is 7.22. The van der Waals surface area contributed by atoms with Gasteiger partial charge >= 0.3 is 5.97 Å². The van der Waals surface area contributed by atoms with Gasteiger partial charge in [-0.3, -0.25) is 0 Å². The molecule has 6 heteroatoms. The van der Waals surface area contributed by atoms with Gasteiger partial charge in [0.15, 0.2) is 11.6 Å². The number of halogens is 1. The average Bonchev–Trinajstić information content (AvgIpc) is 2.86. The zero-order valence-electron chi connectivity index (χ0n) is 21.3. The molecule has 0 saturated heterocycles. The number of benzene rings is 3. The summed E-state index contributed by atoms with van der Waals surface area (Å²) in [4.78, 5) is 11.9. The molecule has 0 aliphatic carbocycles. The Hall–Kier alpha value is -3.38. The van der Waals surface area contributed by atoms with Crippen molar-refractivity contribution >= 4 is 5.97 Å². The third-order valence-electron chi connectivity index (χ3n) is 7.22. The lowest BCUT2D eigenvalue weighted by Crippen LogP contribution is -2.28. The van der Waals surface area contributed by atoms with E-state index >= 15 is 0 Å². The maximum absolute atomic E-state index is 13.7. The van der Waals surface area contributed by atoms with Crippen LogP contribution in [0.2, 0.25) is 0 Å². The number of hydrogen-bond donors (Lipinski definition) is 2. The number of hydrogen-bond acceptors (Lipinski definition) is 4. The van der Waals surface area contributed by atoms with Gasteiger partial charge in [0.1, 0.15) is 5.75 Å². The topological polar surface area (TPSA) is 67.8 Å². The van der Waals surface area contributed by atoms with E-state index in [1.807, 2.05) is 38.1 Å². The fraction of sp³-hybridized carbons (Fsp3) is 0.367. The molecule has 3 aromatic rings. The van der Waals surface area contributed by atoms with Gasteiger partial charge in [-0.2, -0.15) is 0 Å². The summed E-state index contributed by atoms with van der Waals surface area (Å²) in [5.41, 5.74) is 5.13. The highest BCUT2D eigenvalue weighted by molar-refractivity contribution is 5.91. The number of aromatic carboxylic acids is 1. The summed E-state index contributed by atoms with van der Waals surface area (Å²) in [6, 6.07) is 17.0. The van der Waals surface area contributed by atoms with Crippen molar-refractivity contribution in [1.29, 1.82) is 0 Å². The van der Waals surface area contributed by atoms with Crippen LogP contribution in [0, 0.1) is 19.7 Å². The van der Waals surface area contributed by atoms with Crippen molar-refractivity contribution in [2.24, 2.45) is 0 Å². The quantitative estimate of drug-likeness (QED) is 0.332. The van der Waals surface area contributed by atoms with E-state index in [4.69, 9.17) is 9.47 Å². The zero-order chi connectivity index (χ0) is 25.8. The summed E-state index contributed by atoms with van der Waals surface area (Å²) in [5, 5.41) is 13.3. The predicted octanol–water partition coefficient (Wildman–Crippen LogP) is 6.56. The van der Waals surface area contributed by atoms with Crippen LogP contribution in [-0.4, -0.2) is 30.8 Å². The van der Waals surface area contributed by atoms with Gasteiger partial charge in [0.2, 0.25) is 0 Å². The molecule has 0 bridgehead atoms. The molecule has 3 atom stereocenters. The highest BCUT2D eigenvalue weighted by Crippen LogP contribution is 2.43. The Morgan fingerprint density at radius 1 is 1.17 bits per heavy atom. The van der Waals surface area contributed by atoms with Crippen LogP contribution in [0.4, 0.5) is 4.39 Å². The molecule has 1 heterocycles. The second-order valence-corrected chi connectivity index (χ2v) is 9.55. The van der Waals surface area contributed by atoms with E-state index in [9.17, 15) is 14.3 Å². The molecule has 0 radical (unpaired) electrons. The third kappa shape index (κ3) is 5.39. The Bertz CT molecular complexity index is 1240.